The Bertz CT molecular complexity index is 2140. The molecule has 0 saturated carbocycles. The lowest BCUT2D eigenvalue weighted by atomic mass is 9.78. The summed E-state index contributed by atoms with van der Waals surface area (Å²) in [6.45, 7) is 19.4. The summed E-state index contributed by atoms with van der Waals surface area (Å²) < 4.78 is 51.5. The van der Waals surface area contributed by atoms with Gasteiger partial charge in [-0.05, 0) is 79.4 Å². The van der Waals surface area contributed by atoms with Gasteiger partial charge in [-0.15, -0.1) is 5.54 Å². The van der Waals surface area contributed by atoms with Gasteiger partial charge in [-0.1, -0.05) is 59.6 Å². The van der Waals surface area contributed by atoms with Crippen LogP contribution in [0.25, 0.3) is 38.5 Å². The summed E-state index contributed by atoms with van der Waals surface area (Å²) in [5, 5.41) is 6.52. The summed E-state index contributed by atoms with van der Waals surface area (Å²) in [6.07, 6.45) is 5.09. The first-order valence-corrected chi connectivity index (χ1v) is 20.9. The van der Waals surface area contributed by atoms with Gasteiger partial charge in [-0.2, -0.15) is 5.10 Å². The molecule has 2 unspecified atom stereocenters. The molecule has 2 aromatic carbocycles. The lowest BCUT2D eigenvalue weighted by Gasteiger charge is -2.44. The zero-order valence-electron chi connectivity index (χ0n) is 32.9. The smallest absolute Gasteiger partial charge is 0.410 e. The molecule has 2 atom stereocenters. The van der Waals surface area contributed by atoms with E-state index in [1.807, 2.05) is 20.8 Å². The van der Waals surface area contributed by atoms with Crippen molar-refractivity contribution in [3.63, 3.8) is 0 Å². The number of halogens is 2. The van der Waals surface area contributed by atoms with E-state index in [-0.39, 0.29) is 41.6 Å². The minimum atomic E-state index is -2.25. The van der Waals surface area contributed by atoms with E-state index < -0.39 is 25.3 Å². The largest absolute Gasteiger partial charge is 0.468 e. The third-order valence-corrected chi connectivity index (χ3v) is 17.4. The summed E-state index contributed by atoms with van der Waals surface area (Å²) in [5.74, 6) is 2.73. The molecule has 1 amide bonds. The Kier molecular flexibility index (Phi) is 10.5. The number of hydrogen-bond acceptors (Lipinski definition) is 6. The molecule has 0 radical (unpaired) electrons. The van der Waals surface area contributed by atoms with Crippen molar-refractivity contribution in [1.82, 2.24) is 19.7 Å². The standard InChI is InChI=1S/C42H52F2N4O4Si/c1-24(2)53(25(3)4,26(5)6)17-16-31-35(43)15-13-27-18-30(51-23-50-11)20-33(36(27)31)39-37(44)40-34(21-45-39)38(46-47(40)10)32-19-29-14-12-28(32)22-48(29)41(49)52-42(7,8)9/h13,15,18-21,24-26,28-29H,12,14,22-23H2,1-11H3. The van der Waals surface area contributed by atoms with Gasteiger partial charge in [0.05, 0.1) is 17.3 Å². The van der Waals surface area contributed by atoms with Crippen LogP contribution in [0.2, 0.25) is 16.6 Å². The van der Waals surface area contributed by atoms with Crippen LogP contribution < -0.4 is 4.74 Å². The minimum absolute atomic E-state index is 0.0211. The number of amides is 1. The molecule has 2 bridgehead atoms. The van der Waals surface area contributed by atoms with Crippen LogP contribution in [-0.2, 0) is 16.5 Å². The lowest BCUT2D eigenvalue weighted by Crippen LogP contribution is -2.51. The fraction of sp³-hybridized carbons (Fsp3) is 0.500. The molecular weight excluding hydrogens is 691 g/mol. The van der Waals surface area contributed by atoms with Gasteiger partial charge < -0.3 is 19.1 Å². The number of benzene rings is 2. The van der Waals surface area contributed by atoms with E-state index in [2.05, 4.69) is 59.1 Å². The Morgan fingerprint density at radius 3 is 2.34 bits per heavy atom. The average molecular weight is 743 g/mol. The van der Waals surface area contributed by atoms with Crippen LogP contribution in [-0.4, -0.2) is 65.9 Å². The van der Waals surface area contributed by atoms with Gasteiger partial charge in [0, 0.05) is 49.2 Å². The summed E-state index contributed by atoms with van der Waals surface area (Å²) in [5.41, 5.74) is 6.65. The quantitative estimate of drug-likeness (QED) is 0.102. The number of hydrogen-bond donors (Lipinski definition) is 0. The Labute approximate surface area is 312 Å². The highest BCUT2D eigenvalue weighted by Crippen LogP contribution is 2.45. The molecule has 53 heavy (non-hydrogen) atoms. The van der Waals surface area contributed by atoms with Crippen molar-refractivity contribution in [2.75, 3.05) is 20.4 Å². The summed E-state index contributed by atoms with van der Waals surface area (Å²) >= 11 is 0. The topological polar surface area (TPSA) is 78.7 Å². The van der Waals surface area contributed by atoms with Crippen LogP contribution in [0.4, 0.5) is 13.6 Å². The van der Waals surface area contributed by atoms with E-state index in [9.17, 15) is 4.79 Å². The number of carbonyl (C=O) groups excluding carboxylic acids is 1. The normalized spacial score (nSPS) is 17.6. The monoisotopic (exact) mass is 742 g/mol. The fourth-order valence-corrected chi connectivity index (χ4v) is 13.9. The first-order valence-electron chi connectivity index (χ1n) is 18.6. The molecule has 1 aliphatic carbocycles. The molecule has 0 spiro atoms. The number of piperidine rings is 1. The summed E-state index contributed by atoms with van der Waals surface area (Å²) in [7, 11) is 0.995. The molecule has 1 saturated heterocycles. The molecule has 4 aromatic rings. The van der Waals surface area contributed by atoms with Gasteiger partial charge in [-0.25, -0.2) is 13.6 Å². The third-order valence-electron chi connectivity index (χ3n) is 11.1. The number of ether oxygens (including phenoxy) is 3. The van der Waals surface area contributed by atoms with Crippen molar-refractivity contribution < 1.29 is 27.8 Å². The second-order valence-corrected chi connectivity index (χ2v) is 22.0. The van der Waals surface area contributed by atoms with E-state index in [4.69, 9.17) is 24.3 Å². The zero-order valence-corrected chi connectivity index (χ0v) is 33.9. The van der Waals surface area contributed by atoms with Gasteiger partial charge in [0.2, 0.25) is 0 Å². The number of fused-ring (bicyclic) bond motifs is 4. The van der Waals surface area contributed by atoms with Crippen LogP contribution in [0.3, 0.4) is 0 Å². The van der Waals surface area contributed by atoms with Crippen molar-refractivity contribution in [1.29, 1.82) is 0 Å². The number of pyridine rings is 1. The molecule has 8 nitrogen and oxygen atoms in total. The Hall–Kier alpha value is -4.27. The Balaban J connectivity index is 1.52. The number of nitrogens with zero attached hydrogens (tertiary/aromatic N) is 4. The maximum atomic E-state index is 17.1. The number of rotatable bonds is 8. The lowest BCUT2D eigenvalue weighted by molar-refractivity contribution is 0.00979. The van der Waals surface area contributed by atoms with Crippen molar-refractivity contribution in [2.24, 2.45) is 13.0 Å². The number of aromatic nitrogens is 3. The van der Waals surface area contributed by atoms with Gasteiger partial charge in [0.15, 0.2) is 12.6 Å². The Morgan fingerprint density at radius 1 is 1.04 bits per heavy atom. The SMILES string of the molecule is COCOc1cc(-c2ncc3c(C4=CC5CCC4CN5C(=O)OC(C)(C)C)nn(C)c3c2F)c2c(C#C[Si](C(C)C)(C(C)C)C(C)C)c(F)ccc2c1. The highest BCUT2D eigenvalue weighted by atomic mass is 28.3. The zero-order chi connectivity index (χ0) is 38.6. The van der Waals surface area contributed by atoms with Gasteiger partial charge in [-0.3, -0.25) is 9.67 Å². The molecule has 2 aromatic heterocycles. The number of methoxy groups -OCH3 is 1. The van der Waals surface area contributed by atoms with Crippen molar-refractivity contribution in [3.8, 4) is 28.5 Å². The van der Waals surface area contributed by atoms with Crippen molar-refractivity contribution in [2.45, 2.75) is 103 Å². The van der Waals surface area contributed by atoms with Gasteiger partial charge >= 0.3 is 6.09 Å². The predicted octanol–water partition coefficient (Wildman–Crippen LogP) is 10.0. The molecule has 282 valence electrons. The minimum Gasteiger partial charge on any atom is -0.468 e. The van der Waals surface area contributed by atoms with Crippen LogP contribution in [0.5, 0.6) is 5.75 Å². The molecule has 7 rings (SSSR count). The van der Waals surface area contributed by atoms with Gasteiger partial charge in [0.25, 0.3) is 0 Å². The maximum absolute atomic E-state index is 17.1. The van der Waals surface area contributed by atoms with Crippen LogP contribution in [0, 0.1) is 29.0 Å². The molecule has 4 heterocycles. The number of aryl methyl sites for hydroxylation is 1. The summed E-state index contributed by atoms with van der Waals surface area (Å²) in [4.78, 5) is 19.5. The number of carbonyl (C=O) groups is 1. The molecular formula is C42H52F2N4O4Si. The van der Waals surface area contributed by atoms with Gasteiger partial charge in [0.1, 0.15) is 36.5 Å². The first-order chi connectivity index (χ1) is 25.0. The highest BCUT2D eigenvalue weighted by Gasteiger charge is 2.42. The average Bonchev–Trinajstić information content (AvgIpc) is 3.43. The molecule has 0 N–H and O–H groups in total. The third kappa shape index (κ3) is 6.96. The van der Waals surface area contributed by atoms with E-state index in [1.165, 1.54) is 13.2 Å². The highest BCUT2D eigenvalue weighted by molar-refractivity contribution is 6.90. The van der Waals surface area contributed by atoms with Crippen LogP contribution in [0.1, 0.15) is 86.4 Å². The predicted molar refractivity (Wildman–Crippen MR) is 209 cm³/mol. The van der Waals surface area contributed by atoms with Crippen molar-refractivity contribution in [3.05, 3.63) is 59.4 Å². The van der Waals surface area contributed by atoms with E-state index in [1.54, 1.807) is 41.0 Å². The first kappa shape index (κ1) is 38.5. The van der Waals surface area contributed by atoms with Crippen LogP contribution >= 0.6 is 0 Å². The molecule has 2 aliphatic heterocycles. The van der Waals surface area contributed by atoms with Crippen LogP contribution in [0.15, 0.2) is 36.5 Å². The fourth-order valence-electron chi connectivity index (χ4n) is 8.72. The maximum Gasteiger partial charge on any atom is 0.410 e. The van der Waals surface area contributed by atoms with Crippen molar-refractivity contribution >= 4 is 41.4 Å². The van der Waals surface area contributed by atoms with E-state index in [0.717, 1.165) is 18.4 Å². The summed E-state index contributed by atoms with van der Waals surface area (Å²) in [6, 6.07) is 6.42. The second-order valence-electron chi connectivity index (χ2n) is 16.4. The molecule has 1 fully saturated rings. The Morgan fingerprint density at radius 2 is 1.74 bits per heavy atom. The molecule has 11 heteroatoms. The molecule has 3 aliphatic rings. The van der Waals surface area contributed by atoms with E-state index in [0.29, 0.717) is 56.3 Å². The van der Waals surface area contributed by atoms with E-state index >= 15 is 8.78 Å². The second kappa shape index (κ2) is 14.5.